The van der Waals surface area contributed by atoms with Crippen LogP contribution in [0.1, 0.15) is 116 Å². The van der Waals surface area contributed by atoms with E-state index in [0.717, 1.165) is 29.3 Å². The summed E-state index contributed by atoms with van der Waals surface area (Å²) in [5.74, 6) is -1.52. The average molecular weight is 969 g/mol. The van der Waals surface area contributed by atoms with E-state index in [9.17, 15) is 15.0 Å². The van der Waals surface area contributed by atoms with Crippen LogP contribution in [0.3, 0.4) is 0 Å². The van der Waals surface area contributed by atoms with E-state index in [1.54, 1.807) is 53.4 Å². The fourth-order valence-corrected chi connectivity index (χ4v) is 12.5. The Morgan fingerprint density at radius 1 is 0.901 bits per heavy atom. The molecule has 3 N–H and O–H groups in total. The Bertz CT molecular complexity index is 3610. The molecule has 6 atom stereocenters. The maximum absolute atomic E-state index is 16.4. The van der Waals surface area contributed by atoms with Crippen LogP contribution in [0.25, 0.3) is 39.0 Å². The number of aryl methyl sites for hydroxylation is 3. The van der Waals surface area contributed by atoms with Crippen molar-refractivity contribution in [2.45, 2.75) is 114 Å². The number of ether oxygens (including phenoxy) is 1. The number of amides is 1. The lowest BCUT2D eigenvalue weighted by atomic mass is 9.75. The number of hydrogen-bond donors (Lipinski definition) is 3. The number of aromatic nitrogens is 9. The quantitative estimate of drug-likeness (QED) is 0.156. The topological polar surface area (TPSA) is 196 Å². The summed E-state index contributed by atoms with van der Waals surface area (Å²) in [6.07, 6.45) is 4.26. The highest BCUT2D eigenvalue weighted by Gasteiger charge is 2.60. The summed E-state index contributed by atoms with van der Waals surface area (Å²) >= 11 is 0. The third-order valence-corrected chi connectivity index (χ3v) is 16.2. The fourth-order valence-electron chi connectivity index (χ4n) is 12.5. The molecule has 3 fully saturated rings. The molecule has 0 bridgehead atoms. The van der Waals surface area contributed by atoms with Gasteiger partial charge in [-0.15, -0.1) is 0 Å². The molecule has 5 aromatic heterocycles. The number of carbonyl (C=O) groups excluding carboxylic acids is 1. The molecule has 8 aromatic rings. The Morgan fingerprint density at radius 3 is 2.28 bits per heavy atom. The van der Waals surface area contributed by atoms with Crippen LogP contribution in [-0.2, 0) is 22.7 Å². The largest absolute Gasteiger partial charge is 0.438 e. The summed E-state index contributed by atoms with van der Waals surface area (Å²) in [7, 11) is 1.70. The Hall–Kier alpha value is -6.96. The highest BCUT2D eigenvalue weighted by molar-refractivity contribution is 6.00. The predicted molar refractivity (Wildman–Crippen MR) is 256 cm³/mol. The van der Waals surface area contributed by atoms with E-state index in [4.69, 9.17) is 14.4 Å². The van der Waals surface area contributed by atoms with Crippen LogP contribution >= 0.6 is 0 Å². The third kappa shape index (κ3) is 6.64. The van der Waals surface area contributed by atoms with Crippen LogP contribution in [0.2, 0.25) is 0 Å². The Morgan fingerprint density at radius 2 is 1.61 bits per heavy atom. The molecule has 0 radical (unpaired) electrons. The van der Waals surface area contributed by atoms with Gasteiger partial charge in [-0.3, -0.25) is 28.1 Å². The van der Waals surface area contributed by atoms with Gasteiger partial charge in [-0.2, -0.15) is 10.2 Å². The lowest BCUT2D eigenvalue weighted by Gasteiger charge is -2.43. The second-order valence-corrected chi connectivity index (χ2v) is 21.2. The van der Waals surface area contributed by atoms with Gasteiger partial charge >= 0.3 is 11.4 Å². The van der Waals surface area contributed by atoms with Crippen molar-refractivity contribution in [3.63, 3.8) is 0 Å². The Balaban J connectivity index is 1.07. The van der Waals surface area contributed by atoms with Gasteiger partial charge in [0.25, 0.3) is 5.91 Å². The van der Waals surface area contributed by atoms with Crippen molar-refractivity contribution in [3.8, 4) is 17.2 Å². The monoisotopic (exact) mass is 968 g/mol. The van der Waals surface area contributed by atoms with Crippen molar-refractivity contribution in [3.05, 3.63) is 139 Å². The van der Waals surface area contributed by atoms with Gasteiger partial charge in [0.1, 0.15) is 22.9 Å². The molecule has 3 aromatic carbocycles. The number of aliphatic hydroxyl groups excluding tert-OH is 2. The first kappa shape index (κ1) is 45.2. The first-order valence-corrected chi connectivity index (χ1v) is 24.2. The summed E-state index contributed by atoms with van der Waals surface area (Å²) < 4.78 is 50.5. The van der Waals surface area contributed by atoms with Gasteiger partial charge in [0.05, 0.1) is 58.0 Å². The van der Waals surface area contributed by atoms with E-state index >= 15 is 18.4 Å². The molecule has 368 valence electrons. The molecular weight excluding hydrogens is 915 g/mol. The number of halogens is 2. The van der Waals surface area contributed by atoms with E-state index in [-0.39, 0.29) is 53.7 Å². The molecule has 2 saturated carbocycles. The summed E-state index contributed by atoms with van der Waals surface area (Å²) in [5, 5.41) is 37.5. The van der Waals surface area contributed by atoms with E-state index in [1.807, 2.05) is 30.5 Å². The maximum Gasteiger partial charge on any atom is 0.438 e. The highest BCUT2D eigenvalue weighted by Crippen LogP contribution is 2.57. The molecular formula is C52H54F2N10O7. The van der Waals surface area contributed by atoms with Gasteiger partial charge in [-0.1, -0.05) is 18.1 Å². The van der Waals surface area contributed by atoms with Crippen LogP contribution in [0.4, 0.5) is 8.78 Å². The third-order valence-electron chi connectivity index (χ3n) is 16.2. The molecule has 1 amide bonds. The van der Waals surface area contributed by atoms with Crippen molar-refractivity contribution < 1.29 is 33.0 Å². The molecule has 17 nitrogen and oxygen atoms in total. The SMILES string of the molecule is Cc1cc(-n2nc3c(c2-n2ccn(-c4ccc5c(cnn5C)c4F)c2=O)[C@H](C)N(C(=O)c2cc4cc([C@H]5CCOC(C)(C)C5)ccc4n2[C@@]2(c4noc(=O)[nH]4)C[C@@H]2C)CC32CC(O)C(O)C2)cc(C)c1F. The maximum atomic E-state index is 16.4. The van der Waals surface area contributed by atoms with Crippen molar-refractivity contribution in [1.82, 2.24) is 48.3 Å². The first-order valence-electron chi connectivity index (χ1n) is 24.2. The number of aromatic amines is 1. The predicted octanol–water partition coefficient (Wildman–Crippen LogP) is 6.65. The smallest absolute Gasteiger partial charge is 0.390 e. The minimum absolute atomic E-state index is 0.0146. The summed E-state index contributed by atoms with van der Waals surface area (Å²) in [6, 6.07) is 13.8. The molecule has 71 heavy (non-hydrogen) atoms. The van der Waals surface area contributed by atoms with Gasteiger partial charge in [-0.05, 0) is 138 Å². The minimum Gasteiger partial charge on any atom is -0.390 e. The van der Waals surface area contributed by atoms with Gasteiger partial charge in [0, 0.05) is 54.5 Å². The van der Waals surface area contributed by atoms with Crippen molar-refractivity contribution in [2.24, 2.45) is 13.0 Å². The number of imidazole rings is 1. The second-order valence-electron chi connectivity index (χ2n) is 21.2. The normalized spacial score (nSPS) is 26.0. The van der Waals surface area contributed by atoms with E-state index < -0.39 is 58.2 Å². The van der Waals surface area contributed by atoms with Crippen molar-refractivity contribution >= 4 is 27.7 Å². The summed E-state index contributed by atoms with van der Waals surface area (Å²) in [6.45, 7) is 12.0. The van der Waals surface area contributed by atoms with Gasteiger partial charge in [-0.25, -0.2) is 23.1 Å². The van der Waals surface area contributed by atoms with Crippen LogP contribution in [0.15, 0.2) is 81.2 Å². The lowest BCUT2D eigenvalue weighted by molar-refractivity contribution is -0.0592. The molecule has 4 aliphatic rings. The van der Waals surface area contributed by atoms with E-state index in [2.05, 4.69) is 41.2 Å². The number of benzene rings is 3. The summed E-state index contributed by atoms with van der Waals surface area (Å²) in [5.41, 5.74) is 1.62. The van der Waals surface area contributed by atoms with Crippen molar-refractivity contribution in [2.75, 3.05) is 13.2 Å². The molecule has 2 aliphatic carbocycles. The molecule has 1 spiro atoms. The zero-order valence-electron chi connectivity index (χ0n) is 40.4. The number of nitrogens with one attached hydrogen (secondary N) is 1. The standard InChI is InChI=1S/C52H54F2N10O7/c1-26-16-33(17-27(2)42(26)53)64-45(61-14-13-60(49(61)69)37-11-10-36-34(43(37)54)24-55-59(36)7)41-29(4)62(25-51(44(41)57-64)22-39(65)40(66)23-51)46(67)38-19-32-18-30(31-12-15-70-50(5,6)21-31)8-9-35(32)63(38)52(20-28(52)3)47-56-48(68)71-58-47/h8-11,13-14,16-19,24,28-29,31,39-40,65-66H,12,15,20-23,25H2,1-7H3,(H,56,58,68)/t28-,29-,31-,39?,40?,51?,52-/m0/s1. The fraction of sp³-hybridized carbons (Fsp3) is 0.423. The van der Waals surface area contributed by atoms with Crippen molar-refractivity contribution in [1.29, 1.82) is 0 Å². The number of aliphatic hydroxyl groups is 2. The van der Waals surface area contributed by atoms with E-state index in [0.29, 0.717) is 58.1 Å². The molecule has 1 saturated heterocycles. The number of carbonyl (C=O) groups is 1. The average Bonchev–Trinajstić information content (AvgIpc) is 4.04. The zero-order valence-corrected chi connectivity index (χ0v) is 40.4. The highest BCUT2D eigenvalue weighted by atomic mass is 19.1. The van der Waals surface area contributed by atoms with Crippen LogP contribution in [0.5, 0.6) is 0 Å². The van der Waals surface area contributed by atoms with Crippen LogP contribution < -0.4 is 11.4 Å². The van der Waals surface area contributed by atoms with Gasteiger partial charge in [0.15, 0.2) is 11.6 Å². The minimum atomic E-state index is -1.18. The van der Waals surface area contributed by atoms with Crippen LogP contribution in [-0.4, -0.2) is 95.4 Å². The molecule has 12 rings (SSSR count). The molecule has 7 heterocycles. The zero-order chi connectivity index (χ0) is 49.8. The second kappa shape index (κ2) is 15.5. The number of hydrogen-bond acceptors (Lipinski definition) is 10. The first-order chi connectivity index (χ1) is 33.8. The number of fused-ring (bicyclic) bond motifs is 4. The molecule has 19 heteroatoms. The summed E-state index contributed by atoms with van der Waals surface area (Å²) in [4.78, 5) is 48.2. The van der Waals surface area contributed by atoms with Gasteiger partial charge < -0.3 is 24.4 Å². The number of H-pyrrole nitrogens is 1. The number of rotatable bonds is 7. The Labute approximate surface area is 404 Å². The molecule has 2 unspecified atom stereocenters. The van der Waals surface area contributed by atoms with Crippen LogP contribution in [0, 0.1) is 31.4 Å². The van der Waals surface area contributed by atoms with E-state index in [1.165, 1.54) is 33.8 Å². The molecule has 2 aliphatic heterocycles. The van der Waals surface area contributed by atoms with Gasteiger partial charge in [0.2, 0.25) is 0 Å². The lowest BCUT2D eigenvalue weighted by Crippen LogP contribution is -2.50. The number of nitrogens with zero attached hydrogens (tertiary/aromatic N) is 9. The Kier molecular flexibility index (Phi) is 9.88.